The fourth-order valence-corrected chi connectivity index (χ4v) is 1.76. The normalized spacial score (nSPS) is 11.5. The van der Waals surface area contributed by atoms with Crippen molar-refractivity contribution in [2.45, 2.75) is 33.1 Å². The van der Waals surface area contributed by atoms with E-state index in [1.54, 1.807) is 6.20 Å². The van der Waals surface area contributed by atoms with Gasteiger partial charge in [0, 0.05) is 11.8 Å². The molecule has 0 spiro atoms. The van der Waals surface area contributed by atoms with Gasteiger partial charge in [-0.25, -0.2) is 9.97 Å². The summed E-state index contributed by atoms with van der Waals surface area (Å²) < 4.78 is 0. The Labute approximate surface area is 103 Å². The van der Waals surface area contributed by atoms with E-state index in [0.717, 1.165) is 17.1 Å². The standard InChI is InChI=1S/C15H18N2/c1-11-16-10-9-14(17-11)12-5-7-13(8-6-12)15(2,3)4/h5-10H,1-4H3. The molecule has 0 atom stereocenters. The molecule has 17 heavy (non-hydrogen) atoms. The van der Waals surface area contributed by atoms with Crippen LogP contribution in [-0.2, 0) is 5.41 Å². The first-order chi connectivity index (χ1) is 7.97. The Kier molecular flexibility index (Phi) is 2.97. The summed E-state index contributed by atoms with van der Waals surface area (Å²) in [6.07, 6.45) is 1.80. The van der Waals surface area contributed by atoms with Crippen LogP contribution in [0.2, 0.25) is 0 Å². The Morgan fingerprint density at radius 1 is 0.941 bits per heavy atom. The summed E-state index contributed by atoms with van der Waals surface area (Å²) in [7, 11) is 0. The van der Waals surface area contributed by atoms with Crippen LogP contribution >= 0.6 is 0 Å². The summed E-state index contributed by atoms with van der Waals surface area (Å²) in [4.78, 5) is 8.54. The smallest absolute Gasteiger partial charge is 0.125 e. The zero-order chi connectivity index (χ0) is 12.5. The van der Waals surface area contributed by atoms with Gasteiger partial charge in [0.2, 0.25) is 0 Å². The average molecular weight is 226 g/mol. The molecule has 0 radical (unpaired) electrons. The summed E-state index contributed by atoms with van der Waals surface area (Å²) in [5, 5.41) is 0. The van der Waals surface area contributed by atoms with Crippen LogP contribution < -0.4 is 0 Å². The molecule has 0 fully saturated rings. The van der Waals surface area contributed by atoms with Gasteiger partial charge < -0.3 is 0 Å². The zero-order valence-electron chi connectivity index (χ0n) is 10.9. The molecule has 2 nitrogen and oxygen atoms in total. The number of hydrogen-bond donors (Lipinski definition) is 0. The molecule has 2 heteroatoms. The van der Waals surface area contributed by atoms with E-state index in [1.165, 1.54) is 5.56 Å². The largest absolute Gasteiger partial charge is 0.242 e. The third kappa shape index (κ3) is 2.70. The second kappa shape index (κ2) is 4.28. The van der Waals surface area contributed by atoms with E-state index in [-0.39, 0.29) is 5.41 Å². The molecule has 0 saturated heterocycles. The molecule has 0 aliphatic rings. The number of rotatable bonds is 1. The second-order valence-corrected chi connectivity index (χ2v) is 5.32. The lowest BCUT2D eigenvalue weighted by Gasteiger charge is -2.19. The number of nitrogens with zero attached hydrogens (tertiary/aromatic N) is 2. The Bertz CT molecular complexity index is 507. The molecular formula is C15H18N2. The molecule has 2 aromatic rings. The highest BCUT2D eigenvalue weighted by Gasteiger charge is 2.13. The summed E-state index contributed by atoms with van der Waals surface area (Å²) in [5.41, 5.74) is 3.66. The lowest BCUT2D eigenvalue weighted by atomic mass is 9.86. The third-order valence-corrected chi connectivity index (χ3v) is 2.82. The lowest BCUT2D eigenvalue weighted by molar-refractivity contribution is 0.590. The van der Waals surface area contributed by atoms with Gasteiger partial charge in [0.15, 0.2) is 0 Å². The van der Waals surface area contributed by atoms with Crippen molar-refractivity contribution >= 4 is 0 Å². The van der Waals surface area contributed by atoms with Gasteiger partial charge in [0.25, 0.3) is 0 Å². The Morgan fingerprint density at radius 2 is 1.59 bits per heavy atom. The maximum absolute atomic E-state index is 4.42. The third-order valence-electron chi connectivity index (χ3n) is 2.82. The molecule has 0 aliphatic carbocycles. The van der Waals surface area contributed by atoms with E-state index >= 15 is 0 Å². The van der Waals surface area contributed by atoms with Gasteiger partial charge in [-0.05, 0) is 24.0 Å². The molecular weight excluding hydrogens is 208 g/mol. The van der Waals surface area contributed by atoms with Gasteiger partial charge in [-0.2, -0.15) is 0 Å². The van der Waals surface area contributed by atoms with Crippen LogP contribution in [0.5, 0.6) is 0 Å². The summed E-state index contributed by atoms with van der Waals surface area (Å²) in [6, 6.07) is 10.5. The molecule has 0 N–H and O–H groups in total. The second-order valence-electron chi connectivity index (χ2n) is 5.32. The minimum atomic E-state index is 0.195. The number of benzene rings is 1. The van der Waals surface area contributed by atoms with Crippen molar-refractivity contribution in [3.8, 4) is 11.3 Å². The zero-order valence-corrected chi connectivity index (χ0v) is 10.9. The van der Waals surface area contributed by atoms with Gasteiger partial charge in [-0.1, -0.05) is 45.0 Å². The first-order valence-corrected chi connectivity index (χ1v) is 5.87. The van der Waals surface area contributed by atoms with Gasteiger partial charge >= 0.3 is 0 Å². The van der Waals surface area contributed by atoms with Crippen LogP contribution in [0, 0.1) is 6.92 Å². The predicted molar refractivity (Wildman–Crippen MR) is 70.9 cm³/mol. The van der Waals surface area contributed by atoms with Crippen molar-refractivity contribution in [3.63, 3.8) is 0 Å². The Morgan fingerprint density at radius 3 is 2.12 bits per heavy atom. The van der Waals surface area contributed by atoms with Gasteiger partial charge in [0.05, 0.1) is 5.69 Å². The molecule has 88 valence electrons. The van der Waals surface area contributed by atoms with E-state index in [0.29, 0.717) is 0 Å². The Balaban J connectivity index is 2.36. The minimum Gasteiger partial charge on any atom is -0.242 e. The van der Waals surface area contributed by atoms with Crippen molar-refractivity contribution in [3.05, 3.63) is 47.9 Å². The molecule has 1 aromatic carbocycles. The maximum Gasteiger partial charge on any atom is 0.125 e. The molecule has 0 unspecified atom stereocenters. The van der Waals surface area contributed by atoms with Crippen LogP contribution in [0.1, 0.15) is 32.2 Å². The number of aromatic nitrogens is 2. The monoisotopic (exact) mass is 226 g/mol. The number of aryl methyl sites for hydroxylation is 1. The average Bonchev–Trinajstić information content (AvgIpc) is 2.28. The van der Waals surface area contributed by atoms with Gasteiger partial charge in [0.1, 0.15) is 5.82 Å². The quantitative estimate of drug-likeness (QED) is 0.740. The maximum atomic E-state index is 4.42. The van der Waals surface area contributed by atoms with Gasteiger partial charge in [-0.3, -0.25) is 0 Å². The molecule has 0 bridgehead atoms. The lowest BCUT2D eigenvalue weighted by Crippen LogP contribution is -2.10. The van der Waals surface area contributed by atoms with E-state index in [9.17, 15) is 0 Å². The van der Waals surface area contributed by atoms with Crippen LogP contribution in [0.4, 0.5) is 0 Å². The molecule has 0 aliphatic heterocycles. The SMILES string of the molecule is Cc1nccc(-c2ccc(C(C)(C)C)cc2)n1. The molecule has 0 amide bonds. The van der Waals surface area contributed by atoms with E-state index < -0.39 is 0 Å². The highest BCUT2D eigenvalue weighted by atomic mass is 14.9. The van der Waals surface area contributed by atoms with Crippen molar-refractivity contribution in [1.29, 1.82) is 0 Å². The highest BCUT2D eigenvalue weighted by Crippen LogP contribution is 2.25. The topological polar surface area (TPSA) is 25.8 Å². The fraction of sp³-hybridized carbons (Fsp3) is 0.333. The first-order valence-electron chi connectivity index (χ1n) is 5.87. The Hall–Kier alpha value is -1.70. The first kappa shape index (κ1) is 11.8. The molecule has 1 aromatic heterocycles. The van der Waals surface area contributed by atoms with Crippen molar-refractivity contribution in [1.82, 2.24) is 9.97 Å². The van der Waals surface area contributed by atoms with Crippen LogP contribution in [-0.4, -0.2) is 9.97 Å². The van der Waals surface area contributed by atoms with Crippen LogP contribution in [0.3, 0.4) is 0 Å². The van der Waals surface area contributed by atoms with Crippen LogP contribution in [0.25, 0.3) is 11.3 Å². The van der Waals surface area contributed by atoms with E-state index in [2.05, 4.69) is 55.0 Å². The minimum absolute atomic E-state index is 0.195. The molecule has 2 rings (SSSR count). The predicted octanol–water partition coefficient (Wildman–Crippen LogP) is 3.75. The highest BCUT2D eigenvalue weighted by molar-refractivity contribution is 5.59. The van der Waals surface area contributed by atoms with Gasteiger partial charge in [-0.15, -0.1) is 0 Å². The number of hydrogen-bond acceptors (Lipinski definition) is 2. The summed E-state index contributed by atoms with van der Waals surface area (Å²) >= 11 is 0. The summed E-state index contributed by atoms with van der Waals surface area (Å²) in [6.45, 7) is 8.57. The van der Waals surface area contributed by atoms with Crippen molar-refractivity contribution in [2.24, 2.45) is 0 Å². The fourth-order valence-electron chi connectivity index (χ4n) is 1.76. The summed E-state index contributed by atoms with van der Waals surface area (Å²) in [5.74, 6) is 0.808. The van der Waals surface area contributed by atoms with Crippen LogP contribution in [0.15, 0.2) is 36.5 Å². The van der Waals surface area contributed by atoms with Crippen molar-refractivity contribution in [2.75, 3.05) is 0 Å². The van der Waals surface area contributed by atoms with E-state index in [1.807, 2.05) is 13.0 Å². The molecule has 0 saturated carbocycles. The van der Waals surface area contributed by atoms with Crippen molar-refractivity contribution < 1.29 is 0 Å². The molecule has 1 heterocycles. The van der Waals surface area contributed by atoms with E-state index in [4.69, 9.17) is 0 Å².